The zero-order chi connectivity index (χ0) is 20.2. The summed E-state index contributed by atoms with van der Waals surface area (Å²) in [6, 6.07) is 17.2. The highest BCUT2D eigenvalue weighted by atomic mass is 16.5. The zero-order valence-corrected chi connectivity index (χ0v) is 16.5. The Morgan fingerprint density at radius 1 is 0.966 bits per heavy atom. The molecule has 0 bridgehead atoms. The molecule has 0 saturated heterocycles. The molecule has 2 aromatic carbocycles. The molecule has 0 aliphatic rings. The first-order chi connectivity index (χ1) is 14.2. The van der Waals surface area contributed by atoms with E-state index in [9.17, 15) is 4.79 Å². The monoisotopic (exact) mass is 388 g/mol. The molecule has 29 heavy (non-hydrogen) atoms. The first kappa shape index (κ1) is 18.9. The molecule has 2 aromatic heterocycles. The largest absolute Gasteiger partial charge is 0.462 e. The van der Waals surface area contributed by atoms with E-state index in [0.717, 1.165) is 36.9 Å². The number of rotatable bonds is 7. The van der Waals surface area contributed by atoms with Crippen LogP contribution in [0, 0.1) is 0 Å². The number of ether oxygens (including phenoxy) is 1. The lowest BCUT2D eigenvalue weighted by atomic mass is 10.2. The number of nitrogen functional groups attached to an aromatic ring is 1. The number of hydrogen-bond donors (Lipinski definition) is 1. The van der Waals surface area contributed by atoms with E-state index in [0.29, 0.717) is 29.1 Å². The Labute approximate surface area is 169 Å². The summed E-state index contributed by atoms with van der Waals surface area (Å²) in [5.41, 5.74) is 10.0. The molecule has 2 N–H and O–H groups in total. The van der Waals surface area contributed by atoms with Crippen LogP contribution in [0.5, 0.6) is 0 Å². The molecule has 2 heterocycles. The van der Waals surface area contributed by atoms with Gasteiger partial charge < -0.3 is 10.5 Å². The van der Waals surface area contributed by atoms with Gasteiger partial charge in [-0.1, -0.05) is 56.5 Å². The first-order valence-corrected chi connectivity index (χ1v) is 10.00. The highest BCUT2D eigenvalue weighted by Gasteiger charge is 2.25. The third kappa shape index (κ3) is 3.66. The van der Waals surface area contributed by atoms with Crippen LogP contribution in [0.15, 0.2) is 54.6 Å². The van der Waals surface area contributed by atoms with E-state index in [4.69, 9.17) is 20.4 Å². The summed E-state index contributed by atoms with van der Waals surface area (Å²) < 4.78 is 7.29. The van der Waals surface area contributed by atoms with Crippen LogP contribution in [-0.4, -0.2) is 27.1 Å². The molecular formula is C23H24N4O2. The predicted octanol–water partition coefficient (Wildman–Crippen LogP) is 4.89. The van der Waals surface area contributed by atoms with Crippen molar-refractivity contribution in [2.45, 2.75) is 32.6 Å². The fourth-order valence-electron chi connectivity index (χ4n) is 3.47. The fourth-order valence-corrected chi connectivity index (χ4v) is 3.47. The van der Waals surface area contributed by atoms with Crippen LogP contribution in [0.4, 0.5) is 5.82 Å². The molecule has 0 atom stereocenters. The summed E-state index contributed by atoms with van der Waals surface area (Å²) in [7, 11) is 0. The molecule has 0 aliphatic heterocycles. The molecule has 148 valence electrons. The summed E-state index contributed by atoms with van der Waals surface area (Å²) in [6.45, 7) is 2.52. The average molecular weight is 388 g/mol. The number of unbranched alkanes of at least 4 members (excludes halogenated alkanes) is 3. The lowest BCUT2D eigenvalue weighted by molar-refractivity contribution is 0.0501. The maximum Gasteiger partial charge on any atom is 0.344 e. The van der Waals surface area contributed by atoms with Crippen molar-refractivity contribution in [2.75, 3.05) is 12.3 Å². The quantitative estimate of drug-likeness (QED) is 0.360. The van der Waals surface area contributed by atoms with Gasteiger partial charge in [-0.15, -0.1) is 0 Å². The molecule has 6 heteroatoms. The van der Waals surface area contributed by atoms with Gasteiger partial charge in [-0.25, -0.2) is 14.8 Å². The number of para-hydroxylation sites is 3. The van der Waals surface area contributed by atoms with Crippen molar-refractivity contribution in [1.29, 1.82) is 0 Å². The lowest BCUT2D eigenvalue weighted by Crippen LogP contribution is -2.10. The van der Waals surface area contributed by atoms with Crippen LogP contribution in [0.1, 0.15) is 43.0 Å². The molecule has 0 fully saturated rings. The number of aromatic nitrogens is 3. The normalized spacial score (nSPS) is 11.2. The number of fused-ring (bicyclic) bond motifs is 2. The SMILES string of the molecule is CCCCCCOC(=O)c1c(N)n(-c2ccccc2)c2nc3ccccc3nc12. The maximum atomic E-state index is 12.9. The molecule has 6 nitrogen and oxygen atoms in total. The predicted molar refractivity (Wildman–Crippen MR) is 115 cm³/mol. The molecular weight excluding hydrogens is 364 g/mol. The first-order valence-electron chi connectivity index (χ1n) is 10.00. The third-order valence-corrected chi connectivity index (χ3v) is 4.95. The van der Waals surface area contributed by atoms with Gasteiger partial charge >= 0.3 is 5.97 Å². The van der Waals surface area contributed by atoms with Crippen LogP contribution in [0.2, 0.25) is 0 Å². The van der Waals surface area contributed by atoms with Gasteiger partial charge in [0, 0.05) is 5.69 Å². The second kappa shape index (κ2) is 8.31. The summed E-state index contributed by atoms with van der Waals surface area (Å²) in [5, 5.41) is 0. The van der Waals surface area contributed by atoms with Crippen LogP contribution in [0.25, 0.3) is 27.9 Å². The van der Waals surface area contributed by atoms with E-state index in [1.807, 2.05) is 54.6 Å². The van der Waals surface area contributed by atoms with Crippen molar-refractivity contribution in [1.82, 2.24) is 14.5 Å². The fraction of sp³-hybridized carbons (Fsp3) is 0.261. The number of nitrogens with zero attached hydrogens (tertiary/aromatic N) is 3. The Hall–Kier alpha value is -3.41. The Morgan fingerprint density at radius 2 is 1.66 bits per heavy atom. The van der Waals surface area contributed by atoms with E-state index in [1.165, 1.54) is 0 Å². The summed E-state index contributed by atoms with van der Waals surface area (Å²) in [6.07, 6.45) is 4.14. The Kier molecular flexibility index (Phi) is 5.42. The topological polar surface area (TPSA) is 83.0 Å². The molecule has 0 amide bonds. The van der Waals surface area contributed by atoms with Crippen LogP contribution in [0.3, 0.4) is 0 Å². The van der Waals surface area contributed by atoms with Gasteiger partial charge in [0.05, 0.1) is 17.6 Å². The number of esters is 1. The average Bonchev–Trinajstić information content (AvgIpc) is 3.03. The molecule has 4 aromatic rings. The molecule has 0 radical (unpaired) electrons. The van der Waals surface area contributed by atoms with E-state index < -0.39 is 5.97 Å². The van der Waals surface area contributed by atoms with Gasteiger partial charge in [0.2, 0.25) is 0 Å². The molecule has 0 saturated carbocycles. The minimum absolute atomic E-state index is 0.276. The molecule has 4 rings (SSSR count). The van der Waals surface area contributed by atoms with Gasteiger partial charge in [0.15, 0.2) is 5.65 Å². The molecule has 0 aliphatic carbocycles. The zero-order valence-electron chi connectivity index (χ0n) is 16.5. The van der Waals surface area contributed by atoms with Crippen molar-refractivity contribution >= 4 is 34.0 Å². The number of carbonyl (C=O) groups excluding carboxylic acids is 1. The second-order valence-electron chi connectivity index (χ2n) is 7.01. The van der Waals surface area contributed by atoms with Gasteiger partial charge in [0.25, 0.3) is 0 Å². The highest BCUT2D eigenvalue weighted by molar-refractivity contribution is 6.09. The molecule has 0 unspecified atom stereocenters. The van der Waals surface area contributed by atoms with Crippen molar-refractivity contribution in [3.8, 4) is 5.69 Å². The van der Waals surface area contributed by atoms with E-state index in [-0.39, 0.29) is 5.56 Å². The van der Waals surface area contributed by atoms with Gasteiger partial charge in [-0.05, 0) is 30.7 Å². The maximum absolute atomic E-state index is 12.9. The Bertz CT molecular complexity index is 1150. The van der Waals surface area contributed by atoms with Crippen LogP contribution < -0.4 is 5.73 Å². The second-order valence-corrected chi connectivity index (χ2v) is 7.01. The minimum atomic E-state index is -0.455. The van der Waals surface area contributed by atoms with E-state index in [1.54, 1.807) is 4.57 Å². The third-order valence-electron chi connectivity index (χ3n) is 4.95. The number of nitrogens with two attached hydrogens (primary N) is 1. The van der Waals surface area contributed by atoms with Gasteiger partial charge in [0.1, 0.15) is 16.9 Å². The van der Waals surface area contributed by atoms with Gasteiger partial charge in [-0.3, -0.25) is 4.57 Å². The van der Waals surface area contributed by atoms with Crippen molar-refractivity contribution in [3.63, 3.8) is 0 Å². The smallest absolute Gasteiger partial charge is 0.344 e. The number of hydrogen-bond acceptors (Lipinski definition) is 5. The number of carbonyl (C=O) groups is 1. The summed E-state index contributed by atoms with van der Waals surface area (Å²) >= 11 is 0. The van der Waals surface area contributed by atoms with Crippen molar-refractivity contribution < 1.29 is 9.53 Å². The standard InChI is InChI=1S/C23H24N4O2/c1-2-3-4-10-15-29-23(28)19-20-22(26-18-14-9-8-13-17(18)25-20)27(21(19)24)16-11-6-5-7-12-16/h5-9,11-14H,2-4,10,15,24H2,1H3. The minimum Gasteiger partial charge on any atom is -0.462 e. The number of benzene rings is 2. The van der Waals surface area contributed by atoms with E-state index in [2.05, 4.69) is 6.92 Å². The Morgan fingerprint density at radius 3 is 2.38 bits per heavy atom. The lowest BCUT2D eigenvalue weighted by Gasteiger charge is -2.08. The van der Waals surface area contributed by atoms with Crippen molar-refractivity contribution in [3.05, 3.63) is 60.2 Å². The summed E-state index contributed by atoms with van der Waals surface area (Å²) in [4.78, 5) is 22.4. The Balaban J connectivity index is 1.82. The molecule has 0 spiro atoms. The summed E-state index contributed by atoms with van der Waals surface area (Å²) in [5.74, 6) is -0.164. The number of anilines is 1. The van der Waals surface area contributed by atoms with Crippen molar-refractivity contribution in [2.24, 2.45) is 0 Å². The van der Waals surface area contributed by atoms with E-state index >= 15 is 0 Å². The van der Waals surface area contributed by atoms with Gasteiger partial charge in [-0.2, -0.15) is 0 Å². The highest BCUT2D eigenvalue weighted by Crippen LogP contribution is 2.31. The van der Waals surface area contributed by atoms with Crippen LogP contribution >= 0.6 is 0 Å². The van der Waals surface area contributed by atoms with Crippen LogP contribution in [-0.2, 0) is 4.74 Å².